The number of hydrogen-bond donors (Lipinski definition) is 0. The van der Waals surface area contributed by atoms with Gasteiger partial charge in [-0.1, -0.05) is 185 Å². The van der Waals surface area contributed by atoms with E-state index in [0.29, 0.717) is 5.92 Å². The summed E-state index contributed by atoms with van der Waals surface area (Å²) in [4.78, 5) is 0. The quantitative estimate of drug-likeness (QED) is 0.271. The van der Waals surface area contributed by atoms with Crippen LogP contribution in [-0.2, 0) is 5.41 Å². The zero-order chi connectivity index (χ0) is 29.1. The van der Waals surface area contributed by atoms with E-state index in [1.54, 1.807) is 5.20 Å². The van der Waals surface area contributed by atoms with Crippen molar-refractivity contribution in [3.8, 4) is 0 Å². The van der Waals surface area contributed by atoms with Gasteiger partial charge in [-0.15, -0.1) is 0 Å². The number of hydrogen-bond acceptors (Lipinski definition) is 0. The van der Waals surface area contributed by atoms with Crippen molar-refractivity contribution in [2.75, 3.05) is 0 Å². The van der Waals surface area contributed by atoms with Crippen LogP contribution in [0.4, 0.5) is 0 Å². The van der Waals surface area contributed by atoms with Gasteiger partial charge in [0.15, 0.2) is 0 Å². The van der Waals surface area contributed by atoms with Crippen molar-refractivity contribution in [1.29, 1.82) is 0 Å². The van der Waals surface area contributed by atoms with Crippen LogP contribution >= 0.6 is 0 Å². The molecule has 0 saturated carbocycles. The van der Waals surface area contributed by atoms with E-state index in [9.17, 15) is 0 Å². The third-order valence-electron chi connectivity index (χ3n) is 9.09. The molecule has 0 saturated heterocycles. The van der Waals surface area contributed by atoms with Gasteiger partial charge in [-0.3, -0.25) is 0 Å². The highest BCUT2D eigenvalue weighted by molar-refractivity contribution is 6.98. The summed E-state index contributed by atoms with van der Waals surface area (Å²) < 4.78 is 0. The zero-order valence-electron chi connectivity index (χ0n) is 26.7. The SMILES string of the molecule is C[Si](C)(C)C1=CC(C(c2ccccc2)(c2ccccc2)C2C=CC=C2)([Si](C)(C)C)C([Si](C)(C)C)=C1[Si](C)(C)C. The van der Waals surface area contributed by atoms with Gasteiger partial charge in [0.2, 0.25) is 0 Å². The lowest BCUT2D eigenvalue weighted by Gasteiger charge is -2.61. The van der Waals surface area contributed by atoms with Crippen molar-refractivity contribution in [2.24, 2.45) is 5.92 Å². The van der Waals surface area contributed by atoms with Crippen molar-refractivity contribution in [2.45, 2.75) is 89.0 Å². The summed E-state index contributed by atoms with van der Waals surface area (Å²) in [6.07, 6.45) is 12.6. The first-order valence-corrected chi connectivity index (χ1v) is 28.9. The Kier molecular flexibility index (Phi) is 7.73. The first-order chi connectivity index (χ1) is 17.9. The minimum absolute atomic E-state index is 0.0396. The maximum atomic E-state index is 2.96. The van der Waals surface area contributed by atoms with Gasteiger partial charge in [-0.25, -0.2) is 0 Å². The molecule has 39 heavy (non-hydrogen) atoms. The van der Waals surface area contributed by atoms with E-state index in [-0.39, 0.29) is 10.5 Å². The van der Waals surface area contributed by atoms with Crippen LogP contribution in [0.15, 0.2) is 107 Å². The highest BCUT2D eigenvalue weighted by Crippen LogP contribution is 2.72. The second-order valence-corrected chi connectivity index (χ2v) is 36.3. The predicted octanol–water partition coefficient (Wildman–Crippen LogP) is 10.7. The van der Waals surface area contributed by atoms with Gasteiger partial charge in [-0.05, 0) is 11.1 Å². The van der Waals surface area contributed by atoms with E-state index in [4.69, 9.17) is 0 Å². The Morgan fingerprint density at radius 3 is 1.33 bits per heavy atom. The monoisotopic (exact) mass is 584 g/mol. The fraction of sp³-hybridized carbons (Fsp3) is 0.429. The highest BCUT2D eigenvalue weighted by atomic mass is 28.3. The lowest BCUT2D eigenvalue weighted by Crippen LogP contribution is -2.60. The average molecular weight is 585 g/mol. The third kappa shape index (κ3) is 4.79. The van der Waals surface area contributed by atoms with E-state index >= 15 is 0 Å². The fourth-order valence-electron chi connectivity index (χ4n) is 7.92. The number of benzene rings is 2. The Hall–Kier alpha value is -1.73. The Bertz CT molecular complexity index is 1270. The summed E-state index contributed by atoms with van der Waals surface area (Å²) in [6, 6.07) is 23.3. The molecule has 0 spiro atoms. The van der Waals surface area contributed by atoms with Gasteiger partial charge in [-0.2, -0.15) is 0 Å². The number of allylic oxidation sites excluding steroid dienone is 8. The molecule has 2 aromatic carbocycles. The van der Waals surface area contributed by atoms with Crippen molar-refractivity contribution < 1.29 is 0 Å². The standard InChI is InChI=1S/C35H52Si4/c1-36(2,3)31-27-34(39(10,11)12,33(38(7,8)9)32(31)37(4,5)6)35(30-25-19-20-26-30,28-21-15-13-16-22-28)29-23-17-14-18-24-29/h13-27,30H,1-12H3. The Morgan fingerprint density at radius 1 is 0.564 bits per heavy atom. The Labute approximate surface area is 244 Å². The first-order valence-electron chi connectivity index (χ1n) is 14.9. The summed E-state index contributed by atoms with van der Waals surface area (Å²) >= 11 is 0. The molecule has 0 fully saturated rings. The van der Waals surface area contributed by atoms with Crippen LogP contribution in [0.5, 0.6) is 0 Å². The zero-order valence-corrected chi connectivity index (χ0v) is 30.7. The van der Waals surface area contributed by atoms with Gasteiger partial charge < -0.3 is 0 Å². The molecule has 0 aromatic heterocycles. The summed E-state index contributed by atoms with van der Waals surface area (Å²) in [7, 11) is -7.15. The van der Waals surface area contributed by atoms with E-state index in [2.05, 4.69) is 170 Å². The minimum atomic E-state index is -1.98. The molecule has 4 rings (SSSR count). The second kappa shape index (κ2) is 9.97. The van der Waals surface area contributed by atoms with Crippen LogP contribution in [0.2, 0.25) is 83.6 Å². The lowest BCUT2D eigenvalue weighted by molar-refractivity contribution is 0.377. The molecule has 0 radical (unpaired) electrons. The van der Waals surface area contributed by atoms with Crippen LogP contribution < -0.4 is 0 Å². The van der Waals surface area contributed by atoms with Crippen molar-refractivity contribution in [3.05, 3.63) is 118 Å². The Morgan fingerprint density at radius 2 is 1.00 bits per heavy atom. The molecule has 0 bridgehead atoms. The third-order valence-corrected chi connectivity index (χ3v) is 19.2. The van der Waals surface area contributed by atoms with Crippen molar-refractivity contribution >= 4 is 32.3 Å². The molecule has 0 aliphatic heterocycles. The topological polar surface area (TPSA) is 0 Å². The molecule has 0 amide bonds. The fourth-order valence-corrected chi connectivity index (χ4v) is 23.8. The van der Waals surface area contributed by atoms with Gasteiger partial charge in [0.25, 0.3) is 0 Å². The van der Waals surface area contributed by atoms with Crippen LogP contribution in [-0.4, -0.2) is 32.3 Å². The van der Waals surface area contributed by atoms with E-state index in [1.165, 1.54) is 11.1 Å². The lowest BCUT2D eigenvalue weighted by atomic mass is 9.58. The van der Waals surface area contributed by atoms with Gasteiger partial charge >= 0.3 is 0 Å². The molecule has 0 N–H and O–H groups in total. The molecule has 4 heteroatoms. The largest absolute Gasteiger partial charge is 0.0771 e. The number of rotatable bonds is 8. The Balaban J connectivity index is 2.40. The van der Waals surface area contributed by atoms with Gasteiger partial charge in [0, 0.05) is 16.4 Å². The summed E-state index contributed by atoms with van der Waals surface area (Å²) in [6.45, 7) is 31.7. The molecule has 2 aliphatic carbocycles. The molecule has 208 valence electrons. The summed E-state index contributed by atoms with van der Waals surface area (Å²) in [5.74, 6) is 0.292. The van der Waals surface area contributed by atoms with Gasteiger partial charge in [0.1, 0.15) is 0 Å². The maximum absolute atomic E-state index is 2.96. The van der Waals surface area contributed by atoms with Crippen LogP contribution in [0.3, 0.4) is 0 Å². The maximum Gasteiger partial charge on any atom is 0.0770 e. The second-order valence-electron chi connectivity index (χ2n) is 16.0. The smallest absolute Gasteiger partial charge is 0.0770 e. The predicted molar refractivity (Wildman–Crippen MR) is 187 cm³/mol. The van der Waals surface area contributed by atoms with Crippen LogP contribution in [0, 0.1) is 5.92 Å². The van der Waals surface area contributed by atoms with E-state index in [1.807, 2.05) is 10.4 Å². The molecule has 1 atom stereocenters. The molecule has 2 aromatic rings. The molecular weight excluding hydrogens is 533 g/mol. The van der Waals surface area contributed by atoms with Gasteiger partial charge in [0.05, 0.1) is 32.3 Å². The molecule has 0 nitrogen and oxygen atoms in total. The van der Waals surface area contributed by atoms with E-state index in [0.717, 1.165) is 0 Å². The van der Waals surface area contributed by atoms with Crippen LogP contribution in [0.25, 0.3) is 0 Å². The molecular formula is C35H52Si4. The van der Waals surface area contributed by atoms with Crippen molar-refractivity contribution in [3.63, 3.8) is 0 Å². The highest BCUT2D eigenvalue weighted by Gasteiger charge is 2.67. The van der Waals surface area contributed by atoms with Crippen LogP contribution in [0.1, 0.15) is 11.1 Å². The molecule has 1 unspecified atom stereocenters. The summed E-state index contributed by atoms with van der Waals surface area (Å²) in [5.41, 5.74) is 2.72. The molecule has 2 aliphatic rings. The average Bonchev–Trinajstić information content (AvgIpc) is 3.48. The van der Waals surface area contributed by atoms with E-state index < -0.39 is 32.3 Å². The first kappa shape index (κ1) is 30.2. The minimum Gasteiger partial charge on any atom is -0.0771 e. The van der Waals surface area contributed by atoms with Crippen molar-refractivity contribution in [1.82, 2.24) is 0 Å². The molecule has 0 heterocycles. The normalized spacial score (nSPS) is 21.2. The summed E-state index contributed by atoms with van der Waals surface area (Å²) in [5, 5.41) is 5.49.